The van der Waals surface area contributed by atoms with Crippen LogP contribution in [0.1, 0.15) is 57.4 Å². The molecule has 0 bridgehead atoms. The summed E-state index contributed by atoms with van der Waals surface area (Å²) in [5.41, 5.74) is 2.57. The minimum Gasteiger partial charge on any atom is -0.381 e. The van der Waals surface area contributed by atoms with Gasteiger partial charge in [-0.05, 0) is 59.7 Å². The van der Waals surface area contributed by atoms with Crippen LogP contribution in [0.25, 0.3) is 0 Å². The molecule has 106 valence electrons. The van der Waals surface area contributed by atoms with E-state index in [4.69, 9.17) is 0 Å². The van der Waals surface area contributed by atoms with Gasteiger partial charge in [-0.25, -0.2) is 0 Å². The van der Waals surface area contributed by atoms with Gasteiger partial charge in [-0.3, -0.25) is 0 Å². The second-order valence-corrected chi connectivity index (χ2v) is 6.73. The van der Waals surface area contributed by atoms with Crippen LogP contribution < -0.4 is 5.32 Å². The van der Waals surface area contributed by atoms with Gasteiger partial charge >= 0.3 is 0 Å². The average molecular weight is 324 g/mol. The summed E-state index contributed by atoms with van der Waals surface area (Å²) in [5, 5.41) is 3.75. The highest BCUT2D eigenvalue weighted by Gasteiger charge is 2.18. The van der Waals surface area contributed by atoms with Crippen molar-refractivity contribution in [3.8, 4) is 0 Å². The molecule has 0 radical (unpaired) electrons. The third-order valence-electron chi connectivity index (χ3n) is 4.34. The first kappa shape index (κ1) is 14.9. The van der Waals surface area contributed by atoms with Gasteiger partial charge < -0.3 is 5.32 Å². The molecular weight excluding hydrogens is 298 g/mol. The molecule has 0 amide bonds. The molecule has 19 heavy (non-hydrogen) atoms. The zero-order valence-electron chi connectivity index (χ0n) is 12.2. The summed E-state index contributed by atoms with van der Waals surface area (Å²) >= 11 is 3.70. The van der Waals surface area contributed by atoms with E-state index < -0.39 is 0 Å². The van der Waals surface area contributed by atoms with Gasteiger partial charge in [0, 0.05) is 16.2 Å². The quantitative estimate of drug-likeness (QED) is 0.678. The summed E-state index contributed by atoms with van der Waals surface area (Å²) < 4.78 is 1.23. The fraction of sp³-hybridized carbons (Fsp3) is 0.647. The van der Waals surface area contributed by atoms with Crippen molar-refractivity contribution in [1.82, 2.24) is 0 Å². The summed E-state index contributed by atoms with van der Waals surface area (Å²) in [6.07, 6.45) is 9.61. The highest BCUT2D eigenvalue weighted by atomic mass is 79.9. The van der Waals surface area contributed by atoms with E-state index in [9.17, 15) is 0 Å². The molecule has 1 N–H and O–H groups in total. The van der Waals surface area contributed by atoms with E-state index in [0.29, 0.717) is 6.04 Å². The molecule has 0 spiro atoms. The molecule has 0 aliphatic heterocycles. The van der Waals surface area contributed by atoms with Crippen LogP contribution in [0.4, 0.5) is 5.69 Å². The smallest absolute Gasteiger partial charge is 0.0489 e. The predicted octanol–water partition coefficient (Wildman–Crippen LogP) is 5.92. The highest BCUT2D eigenvalue weighted by molar-refractivity contribution is 9.10. The molecule has 1 aliphatic carbocycles. The summed E-state index contributed by atoms with van der Waals surface area (Å²) in [7, 11) is 0. The molecule has 0 aromatic heterocycles. The van der Waals surface area contributed by atoms with E-state index in [-0.39, 0.29) is 0 Å². The predicted molar refractivity (Wildman–Crippen MR) is 87.8 cm³/mol. The fourth-order valence-electron chi connectivity index (χ4n) is 3.20. The number of hydrogen-bond acceptors (Lipinski definition) is 1. The molecule has 1 nitrogen and oxygen atoms in total. The van der Waals surface area contributed by atoms with Crippen molar-refractivity contribution in [2.75, 3.05) is 5.32 Å². The normalized spacial score (nSPS) is 23.9. The maximum Gasteiger partial charge on any atom is 0.0489 e. The number of aryl methyl sites for hydroxylation is 1. The third kappa shape index (κ3) is 4.24. The van der Waals surface area contributed by atoms with Crippen LogP contribution in [0, 0.1) is 12.8 Å². The number of hydrogen-bond donors (Lipinski definition) is 1. The van der Waals surface area contributed by atoms with Crippen LogP contribution in [0.5, 0.6) is 0 Å². The van der Waals surface area contributed by atoms with Gasteiger partial charge in [0.15, 0.2) is 0 Å². The second kappa shape index (κ2) is 7.33. The van der Waals surface area contributed by atoms with Gasteiger partial charge in [-0.2, -0.15) is 0 Å². The molecule has 0 heterocycles. The monoisotopic (exact) mass is 323 g/mol. The number of rotatable bonds is 4. The van der Waals surface area contributed by atoms with Crippen LogP contribution in [0.2, 0.25) is 0 Å². The summed E-state index contributed by atoms with van der Waals surface area (Å²) in [6, 6.07) is 7.13. The van der Waals surface area contributed by atoms with Gasteiger partial charge in [0.1, 0.15) is 0 Å². The van der Waals surface area contributed by atoms with Gasteiger partial charge in [0.2, 0.25) is 0 Å². The Hall–Kier alpha value is -0.500. The largest absolute Gasteiger partial charge is 0.381 e. The zero-order valence-corrected chi connectivity index (χ0v) is 13.8. The minimum absolute atomic E-state index is 0.653. The van der Waals surface area contributed by atoms with Crippen LogP contribution >= 0.6 is 15.9 Å². The molecule has 2 atom stereocenters. The Kier molecular flexibility index (Phi) is 5.75. The van der Waals surface area contributed by atoms with Crippen molar-refractivity contribution < 1.29 is 0 Å². The Bertz CT molecular complexity index is 402. The van der Waals surface area contributed by atoms with Crippen LogP contribution in [-0.2, 0) is 0 Å². The van der Waals surface area contributed by atoms with E-state index in [0.717, 1.165) is 5.92 Å². The lowest BCUT2D eigenvalue weighted by molar-refractivity contribution is 0.422. The number of nitrogens with one attached hydrogen (secondary N) is 1. The van der Waals surface area contributed by atoms with Gasteiger partial charge in [0.25, 0.3) is 0 Å². The van der Waals surface area contributed by atoms with Gasteiger partial charge in [0.05, 0.1) is 0 Å². The molecule has 2 heteroatoms. The van der Waals surface area contributed by atoms with Crippen LogP contribution in [0.3, 0.4) is 0 Å². The van der Waals surface area contributed by atoms with Crippen LogP contribution in [0.15, 0.2) is 22.7 Å². The molecule has 0 saturated heterocycles. The van der Waals surface area contributed by atoms with Crippen molar-refractivity contribution in [3.05, 3.63) is 28.2 Å². The zero-order chi connectivity index (χ0) is 13.7. The Morgan fingerprint density at radius 1 is 1.21 bits per heavy atom. The Morgan fingerprint density at radius 2 is 2.05 bits per heavy atom. The van der Waals surface area contributed by atoms with Crippen molar-refractivity contribution in [1.29, 1.82) is 0 Å². The first-order valence-corrected chi connectivity index (χ1v) is 8.51. The van der Waals surface area contributed by atoms with E-state index in [1.165, 1.54) is 60.7 Å². The average Bonchev–Trinajstić information content (AvgIpc) is 2.61. The van der Waals surface area contributed by atoms with E-state index in [1.807, 2.05) is 0 Å². The highest BCUT2D eigenvalue weighted by Crippen LogP contribution is 2.31. The van der Waals surface area contributed by atoms with E-state index in [2.05, 4.69) is 53.3 Å². The lowest BCUT2D eigenvalue weighted by atomic mass is 9.95. The standard InChI is InChI=1S/C17H26BrN/c1-3-6-14-8-5-9-15(12-11-14)19-16-10-4-7-13(2)17(16)18/h4,7,10,14-15,19H,3,5-6,8-9,11-12H2,1-2H3. The maximum absolute atomic E-state index is 3.75. The number of halogens is 1. The molecule has 2 unspecified atom stereocenters. The van der Waals surface area contributed by atoms with E-state index in [1.54, 1.807) is 0 Å². The topological polar surface area (TPSA) is 12.0 Å². The lowest BCUT2D eigenvalue weighted by Gasteiger charge is -2.19. The molecule has 1 aromatic carbocycles. The van der Waals surface area contributed by atoms with Crippen molar-refractivity contribution in [3.63, 3.8) is 0 Å². The molecule has 2 rings (SSSR count). The lowest BCUT2D eigenvalue weighted by Crippen LogP contribution is -2.18. The van der Waals surface area contributed by atoms with Crippen molar-refractivity contribution in [2.45, 2.75) is 64.8 Å². The first-order chi connectivity index (χ1) is 9.20. The van der Waals surface area contributed by atoms with Crippen molar-refractivity contribution >= 4 is 21.6 Å². The van der Waals surface area contributed by atoms with Crippen molar-refractivity contribution in [2.24, 2.45) is 5.92 Å². The first-order valence-electron chi connectivity index (χ1n) is 7.72. The molecule has 1 aliphatic rings. The summed E-state index contributed by atoms with van der Waals surface area (Å²) in [5.74, 6) is 0.970. The maximum atomic E-state index is 3.75. The third-order valence-corrected chi connectivity index (χ3v) is 5.39. The molecule has 1 saturated carbocycles. The second-order valence-electron chi connectivity index (χ2n) is 5.94. The fourth-order valence-corrected chi connectivity index (χ4v) is 3.58. The molecule has 1 fully saturated rings. The minimum atomic E-state index is 0.653. The Morgan fingerprint density at radius 3 is 2.84 bits per heavy atom. The Labute approximate surface area is 126 Å². The van der Waals surface area contributed by atoms with Crippen LogP contribution in [-0.4, -0.2) is 6.04 Å². The summed E-state index contributed by atoms with van der Waals surface area (Å²) in [6.45, 7) is 4.46. The number of benzene rings is 1. The van der Waals surface area contributed by atoms with Gasteiger partial charge in [-0.15, -0.1) is 0 Å². The molecular formula is C17H26BrN. The van der Waals surface area contributed by atoms with Gasteiger partial charge in [-0.1, -0.05) is 44.7 Å². The van der Waals surface area contributed by atoms with E-state index >= 15 is 0 Å². The SMILES string of the molecule is CCCC1CCCC(Nc2cccc(C)c2Br)CC1. The molecule has 1 aromatic rings. The summed E-state index contributed by atoms with van der Waals surface area (Å²) in [4.78, 5) is 0. The Balaban J connectivity index is 1.94. The number of anilines is 1.